The van der Waals surface area contributed by atoms with Crippen molar-refractivity contribution in [3.8, 4) is 0 Å². The highest BCUT2D eigenvalue weighted by atomic mass is 32.1. The molecule has 0 N–H and O–H groups in total. The van der Waals surface area contributed by atoms with Gasteiger partial charge < -0.3 is 0 Å². The molecule has 1 heterocycles. The average Bonchev–Trinajstić information content (AvgIpc) is 2.70. The standard InChI is InChI=1S/C14H24S/c1-4-5-6-7-8-10-14(2,3)13-9-11-15-12-13/h9,11-12H,4-8,10H2,1-3H3. The largest absolute Gasteiger partial charge is 0.152 e. The fourth-order valence-electron chi connectivity index (χ4n) is 1.96. The summed E-state index contributed by atoms with van der Waals surface area (Å²) in [5, 5.41) is 4.49. The second-order valence-electron chi connectivity index (χ2n) is 5.06. The van der Waals surface area contributed by atoms with Crippen LogP contribution in [0.5, 0.6) is 0 Å². The van der Waals surface area contributed by atoms with Gasteiger partial charge in [0.15, 0.2) is 0 Å². The van der Waals surface area contributed by atoms with E-state index in [0.717, 1.165) is 0 Å². The number of thiophene rings is 1. The van der Waals surface area contributed by atoms with E-state index in [1.807, 2.05) is 11.3 Å². The van der Waals surface area contributed by atoms with Crippen LogP contribution in [0.25, 0.3) is 0 Å². The van der Waals surface area contributed by atoms with Crippen LogP contribution in [0.1, 0.15) is 64.9 Å². The smallest absolute Gasteiger partial charge is 0.00558 e. The van der Waals surface area contributed by atoms with Crippen LogP contribution >= 0.6 is 11.3 Å². The van der Waals surface area contributed by atoms with Gasteiger partial charge in [-0.1, -0.05) is 52.9 Å². The molecule has 0 aromatic carbocycles. The Kier molecular flexibility index (Phi) is 5.38. The third kappa shape index (κ3) is 4.38. The molecule has 0 saturated carbocycles. The summed E-state index contributed by atoms with van der Waals surface area (Å²) >= 11 is 1.81. The molecule has 0 unspecified atom stereocenters. The molecule has 0 saturated heterocycles. The molecule has 0 fully saturated rings. The van der Waals surface area contributed by atoms with Crippen LogP contribution in [0.3, 0.4) is 0 Å². The first kappa shape index (κ1) is 12.8. The lowest BCUT2D eigenvalue weighted by Crippen LogP contribution is -2.15. The van der Waals surface area contributed by atoms with Crippen molar-refractivity contribution in [3.63, 3.8) is 0 Å². The fourth-order valence-corrected chi connectivity index (χ4v) is 2.81. The summed E-state index contributed by atoms with van der Waals surface area (Å²) in [4.78, 5) is 0. The van der Waals surface area contributed by atoms with Crippen molar-refractivity contribution < 1.29 is 0 Å². The maximum absolute atomic E-state index is 2.37. The van der Waals surface area contributed by atoms with Crippen molar-refractivity contribution in [1.29, 1.82) is 0 Å². The van der Waals surface area contributed by atoms with Gasteiger partial charge in [0, 0.05) is 0 Å². The minimum absolute atomic E-state index is 0.381. The molecule has 86 valence electrons. The lowest BCUT2D eigenvalue weighted by Gasteiger charge is -2.23. The molecule has 0 amide bonds. The highest BCUT2D eigenvalue weighted by Crippen LogP contribution is 2.30. The van der Waals surface area contributed by atoms with E-state index in [-0.39, 0.29) is 0 Å². The van der Waals surface area contributed by atoms with Gasteiger partial charge in [0.1, 0.15) is 0 Å². The van der Waals surface area contributed by atoms with E-state index in [1.54, 1.807) is 0 Å². The molecule has 0 radical (unpaired) electrons. The van der Waals surface area contributed by atoms with E-state index in [0.29, 0.717) is 5.41 Å². The molecule has 1 aromatic rings. The van der Waals surface area contributed by atoms with Crippen molar-refractivity contribution in [2.24, 2.45) is 0 Å². The van der Waals surface area contributed by atoms with Gasteiger partial charge in [-0.05, 0) is 34.2 Å². The normalized spacial score (nSPS) is 11.9. The van der Waals surface area contributed by atoms with E-state index < -0.39 is 0 Å². The SMILES string of the molecule is CCCCCCCC(C)(C)c1ccsc1. The first-order valence-corrected chi connectivity index (χ1v) is 7.14. The summed E-state index contributed by atoms with van der Waals surface area (Å²) in [6.45, 7) is 7.01. The lowest BCUT2D eigenvalue weighted by molar-refractivity contribution is 0.445. The second kappa shape index (κ2) is 6.32. The van der Waals surface area contributed by atoms with E-state index in [9.17, 15) is 0 Å². The Hall–Kier alpha value is -0.300. The van der Waals surface area contributed by atoms with Gasteiger partial charge in [0.2, 0.25) is 0 Å². The number of hydrogen-bond acceptors (Lipinski definition) is 1. The highest BCUT2D eigenvalue weighted by Gasteiger charge is 2.19. The van der Waals surface area contributed by atoms with E-state index >= 15 is 0 Å². The third-order valence-electron chi connectivity index (χ3n) is 3.21. The second-order valence-corrected chi connectivity index (χ2v) is 5.84. The Bertz CT molecular complexity index is 246. The Morgan fingerprint density at radius 3 is 2.47 bits per heavy atom. The topological polar surface area (TPSA) is 0 Å². The Morgan fingerprint density at radius 1 is 1.13 bits per heavy atom. The van der Waals surface area contributed by atoms with Crippen LogP contribution in [0.2, 0.25) is 0 Å². The van der Waals surface area contributed by atoms with Crippen LogP contribution in [-0.4, -0.2) is 0 Å². The molecule has 0 atom stereocenters. The van der Waals surface area contributed by atoms with Crippen LogP contribution in [0.15, 0.2) is 16.8 Å². The lowest BCUT2D eigenvalue weighted by atomic mass is 9.81. The van der Waals surface area contributed by atoms with E-state index in [2.05, 4.69) is 37.6 Å². The van der Waals surface area contributed by atoms with Crippen molar-refractivity contribution >= 4 is 11.3 Å². The van der Waals surface area contributed by atoms with Gasteiger partial charge in [-0.2, -0.15) is 11.3 Å². The molecule has 0 spiro atoms. The number of rotatable bonds is 7. The first-order chi connectivity index (χ1) is 7.17. The van der Waals surface area contributed by atoms with Crippen LogP contribution < -0.4 is 0 Å². The van der Waals surface area contributed by atoms with Crippen molar-refractivity contribution in [3.05, 3.63) is 22.4 Å². The first-order valence-electron chi connectivity index (χ1n) is 6.19. The molecule has 1 heteroatoms. The summed E-state index contributed by atoms with van der Waals surface area (Å²) in [5.74, 6) is 0. The summed E-state index contributed by atoms with van der Waals surface area (Å²) in [6.07, 6.45) is 8.26. The molecule has 0 aliphatic rings. The Labute approximate surface area is 98.7 Å². The molecule has 0 bridgehead atoms. The summed E-state index contributed by atoms with van der Waals surface area (Å²) < 4.78 is 0. The molecule has 0 nitrogen and oxygen atoms in total. The number of unbranched alkanes of at least 4 members (excludes halogenated alkanes) is 4. The average molecular weight is 224 g/mol. The maximum atomic E-state index is 2.37. The van der Waals surface area contributed by atoms with E-state index in [1.165, 1.54) is 44.1 Å². The van der Waals surface area contributed by atoms with Gasteiger partial charge in [0.25, 0.3) is 0 Å². The molecule has 1 aromatic heterocycles. The Balaban J connectivity index is 2.25. The highest BCUT2D eigenvalue weighted by molar-refractivity contribution is 7.08. The summed E-state index contributed by atoms with van der Waals surface area (Å²) in [5.41, 5.74) is 1.90. The minimum Gasteiger partial charge on any atom is -0.152 e. The fraction of sp³-hybridized carbons (Fsp3) is 0.714. The maximum Gasteiger partial charge on any atom is -0.00558 e. The van der Waals surface area contributed by atoms with Crippen molar-refractivity contribution in [2.45, 2.75) is 64.7 Å². The summed E-state index contributed by atoms with van der Waals surface area (Å²) in [6, 6.07) is 2.27. The van der Waals surface area contributed by atoms with Gasteiger partial charge in [-0.15, -0.1) is 0 Å². The van der Waals surface area contributed by atoms with Gasteiger partial charge >= 0.3 is 0 Å². The third-order valence-corrected chi connectivity index (χ3v) is 3.89. The molecule has 0 aliphatic carbocycles. The van der Waals surface area contributed by atoms with Crippen molar-refractivity contribution in [2.75, 3.05) is 0 Å². The molecule has 0 aliphatic heterocycles. The van der Waals surface area contributed by atoms with Gasteiger partial charge in [-0.3, -0.25) is 0 Å². The van der Waals surface area contributed by atoms with Crippen molar-refractivity contribution in [1.82, 2.24) is 0 Å². The van der Waals surface area contributed by atoms with Crippen LogP contribution in [0, 0.1) is 0 Å². The summed E-state index contributed by atoms with van der Waals surface area (Å²) in [7, 11) is 0. The molecule has 15 heavy (non-hydrogen) atoms. The monoisotopic (exact) mass is 224 g/mol. The Morgan fingerprint density at radius 2 is 1.87 bits per heavy atom. The predicted molar refractivity (Wildman–Crippen MR) is 70.7 cm³/mol. The molecular formula is C14H24S. The quantitative estimate of drug-likeness (QED) is 0.545. The van der Waals surface area contributed by atoms with Crippen LogP contribution in [0.4, 0.5) is 0 Å². The minimum atomic E-state index is 0.381. The molecular weight excluding hydrogens is 200 g/mol. The zero-order chi connectivity index (χ0) is 11.1. The van der Waals surface area contributed by atoms with Crippen LogP contribution in [-0.2, 0) is 5.41 Å². The van der Waals surface area contributed by atoms with Gasteiger partial charge in [0.05, 0.1) is 0 Å². The number of hydrogen-bond donors (Lipinski definition) is 0. The van der Waals surface area contributed by atoms with E-state index in [4.69, 9.17) is 0 Å². The predicted octanol–water partition coefficient (Wildman–Crippen LogP) is 5.39. The zero-order valence-electron chi connectivity index (χ0n) is 10.4. The van der Waals surface area contributed by atoms with Gasteiger partial charge in [-0.25, -0.2) is 0 Å². The molecule has 1 rings (SSSR count). The zero-order valence-corrected chi connectivity index (χ0v) is 11.2.